The van der Waals surface area contributed by atoms with E-state index in [-0.39, 0.29) is 12.0 Å². The zero-order valence-corrected chi connectivity index (χ0v) is 11.0. The van der Waals surface area contributed by atoms with Crippen molar-refractivity contribution in [3.63, 3.8) is 0 Å². The van der Waals surface area contributed by atoms with E-state index in [1.807, 2.05) is 30.5 Å². The van der Waals surface area contributed by atoms with Crippen LogP contribution in [0.4, 0.5) is 0 Å². The van der Waals surface area contributed by atoms with Gasteiger partial charge < -0.3 is 5.11 Å². The van der Waals surface area contributed by atoms with E-state index in [0.717, 1.165) is 31.4 Å². The molecule has 0 spiro atoms. The second kappa shape index (κ2) is 5.54. The molecule has 0 fully saturated rings. The molecule has 1 heterocycles. The quantitative estimate of drug-likeness (QED) is 0.908. The predicted octanol–water partition coefficient (Wildman–Crippen LogP) is 3.11. The predicted molar refractivity (Wildman–Crippen MR) is 76.1 cm³/mol. The largest absolute Gasteiger partial charge is 0.392 e. The molecule has 2 atom stereocenters. The van der Waals surface area contributed by atoms with Crippen LogP contribution in [0.15, 0.2) is 48.7 Å². The summed E-state index contributed by atoms with van der Waals surface area (Å²) in [5, 5.41) is 10.4. The minimum Gasteiger partial charge on any atom is -0.392 e. The number of aromatic nitrogens is 1. The van der Waals surface area contributed by atoms with Crippen LogP contribution in [-0.4, -0.2) is 16.2 Å². The van der Waals surface area contributed by atoms with E-state index in [1.54, 1.807) is 0 Å². The summed E-state index contributed by atoms with van der Waals surface area (Å²) in [6, 6.07) is 14.5. The van der Waals surface area contributed by atoms with Crippen LogP contribution < -0.4 is 0 Å². The summed E-state index contributed by atoms with van der Waals surface area (Å²) in [7, 11) is 0. The van der Waals surface area contributed by atoms with Crippen molar-refractivity contribution in [2.45, 2.75) is 37.7 Å². The van der Waals surface area contributed by atoms with Gasteiger partial charge in [-0.05, 0) is 42.9 Å². The molecule has 0 amide bonds. The van der Waals surface area contributed by atoms with Gasteiger partial charge in [0.25, 0.3) is 0 Å². The molecular weight excluding hydrogens is 234 g/mol. The molecule has 2 heteroatoms. The fourth-order valence-electron chi connectivity index (χ4n) is 2.98. The Kier molecular flexibility index (Phi) is 3.60. The maximum absolute atomic E-state index is 10.4. The number of aliphatic hydroxyl groups is 1. The first kappa shape index (κ1) is 12.4. The lowest BCUT2D eigenvalue weighted by molar-refractivity contribution is 0.132. The number of pyridine rings is 1. The second-order valence-electron chi connectivity index (χ2n) is 5.28. The van der Waals surface area contributed by atoms with Crippen LogP contribution in [0.25, 0.3) is 0 Å². The third-order valence-electron chi connectivity index (χ3n) is 4.04. The summed E-state index contributed by atoms with van der Waals surface area (Å²) in [6.07, 6.45) is 5.38. The van der Waals surface area contributed by atoms with E-state index in [9.17, 15) is 5.11 Å². The Hall–Kier alpha value is -1.67. The SMILES string of the molecule is OC(CCc1ccccc1)C1CCc2cccnc21. The Morgan fingerprint density at radius 1 is 1.16 bits per heavy atom. The van der Waals surface area contributed by atoms with Gasteiger partial charge in [-0.2, -0.15) is 0 Å². The van der Waals surface area contributed by atoms with Crippen molar-refractivity contribution in [2.24, 2.45) is 0 Å². The fraction of sp³-hybridized carbons (Fsp3) is 0.353. The molecule has 19 heavy (non-hydrogen) atoms. The zero-order valence-electron chi connectivity index (χ0n) is 11.0. The van der Waals surface area contributed by atoms with Crippen molar-refractivity contribution in [1.82, 2.24) is 4.98 Å². The number of hydrogen-bond acceptors (Lipinski definition) is 2. The number of nitrogens with zero attached hydrogens (tertiary/aromatic N) is 1. The van der Waals surface area contributed by atoms with Crippen molar-refractivity contribution in [1.29, 1.82) is 0 Å². The minimum atomic E-state index is -0.281. The molecule has 1 aliphatic rings. The Morgan fingerprint density at radius 2 is 2.00 bits per heavy atom. The van der Waals surface area contributed by atoms with Gasteiger partial charge in [0, 0.05) is 17.8 Å². The van der Waals surface area contributed by atoms with E-state index in [4.69, 9.17) is 0 Å². The summed E-state index contributed by atoms with van der Waals surface area (Å²) >= 11 is 0. The average Bonchev–Trinajstić information content (AvgIpc) is 2.90. The van der Waals surface area contributed by atoms with Gasteiger partial charge in [0.1, 0.15) is 0 Å². The molecule has 0 saturated heterocycles. The molecule has 2 unspecified atom stereocenters. The lowest BCUT2D eigenvalue weighted by Gasteiger charge is -2.18. The summed E-state index contributed by atoms with van der Waals surface area (Å²) < 4.78 is 0. The van der Waals surface area contributed by atoms with Crippen molar-refractivity contribution in [2.75, 3.05) is 0 Å². The molecule has 1 aromatic carbocycles. The Balaban J connectivity index is 1.64. The van der Waals surface area contributed by atoms with Crippen LogP contribution in [0.2, 0.25) is 0 Å². The number of benzene rings is 1. The highest BCUT2D eigenvalue weighted by atomic mass is 16.3. The van der Waals surface area contributed by atoms with Crippen molar-refractivity contribution in [3.05, 3.63) is 65.5 Å². The molecule has 3 rings (SSSR count). The maximum Gasteiger partial charge on any atom is 0.0627 e. The number of rotatable bonds is 4. The summed E-state index contributed by atoms with van der Waals surface area (Å²) in [6.45, 7) is 0. The lowest BCUT2D eigenvalue weighted by Crippen LogP contribution is -2.18. The summed E-state index contributed by atoms with van der Waals surface area (Å²) in [5.74, 6) is 0.222. The molecule has 1 aliphatic carbocycles. The number of aliphatic hydroxyl groups excluding tert-OH is 1. The smallest absolute Gasteiger partial charge is 0.0627 e. The van der Waals surface area contributed by atoms with Gasteiger partial charge in [-0.15, -0.1) is 0 Å². The van der Waals surface area contributed by atoms with Crippen molar-refractivity contribution < 1.29 is 5.11 Å². The topological polar surface area (TPSA) is 33.1 Å². The molecule has 1 aromatic heterocycles. The van der Waals surface area contributed by atoms with Gasteiger partial charge in [-0.25, -0.2) is 0 Å². The van der Waals surface area contributed by atoms with Crippen LogP contribution in [-0.2, 0) is 12.8 Å². The Labute approximate surface area is 114 Å². The third-order valence-corrected chi connectivity index (χ3v) is 4.04. The molecule has 0 radical (unpaired) electrons. The molecule has 0 bridgehead atoms. The molecule has 2 nitrogen and oxygen atoms in total. The van der Waals surface area contributed by atoms with Crippen LogP contribution in [0.1, 0.15) is 35.6 Å². The number of hydrogen-bond donors (Lipinski definition) is 1. The molecule has 0 saturated carbocycles. The van der Waals surface area contributed by atoms with E-state index in [0.29, 0.717) is 0 Å². The zero-order chi connectivity index (χ0) is 13.1. The molecule has 98 valence electrons. The number of fused-ring (bicyclic) bond motifs is 1. The van der Waals surface area contributed by atoms with Gasteiger partial charge >= 0.3 is 0 Å². The average molecular weight is 253 g/mol. The van der Waals surface area contributed by atoms with Crippen LogP contribution >= 0.6 is 0 Å². The molecule has 0 aliphatic heterocycles. The fourth-order valence-corrected chi connectivity index (χ4v) is 2.98. The van der Waals surface area contributed by atoms with Crippen molar-refractivity contribution in [3.8, 4) is 0 Å². The summed E-state index contributed by atoms with van der Waals surface area (Å²) in [5.41, 5.74) is 3.72. The van der Waals surface area contributed by atoms with Gasteiger partial charge in [-0.1, -0.05) is 36.4 Å². The highest BCUT2D eigenvalue weighted by Gasteiger charge is 2.29. The maximum atomic E-state index is 10.4. The number of aryl methyl sites for hydroxylation is 2. The van der Waals surface area contributed by atoms with Gasteiger partial charge in [0.15, 0.2) is 0 Å². The minimum absolute atomic E-state index is 0.222. The summed E-state index contributed by atoms with van der Waals surface area (Å²) in [4.78, 5) is 4.46. The first-order valence-corrected chi connectivity index (χ1v) is 7.00. The molecule has 2 aromatic rings. The third kappa shape index (κ3) is 2.69. The van der Waals surface area contributed by atoms with Crippen LogP contribution in [0, 0.1) is 0 Å². The standard InChI is InChI=1S/C17H19NO/c19-16(11-8-13-5-2-1-3-6-13)15-10-9-14-7-4-12-18-17(14)15/h1-7,12,15-16,19H,8-11H2. The van der Waals surface area contributed by atoms with Gasteiger partial charge in [0.05, 0.1) is 6.10 Å². The van der Waals surface area contributed by atoms with E-state index >= 15 is 0 Å². The van der Waals surface area contributed by atoms with Crippen molar-refractivity contribution >= 4 is 0 Å². The van der Waals surface area contributed by atoms with E-state index in [1.165, 1.54) is 11.1 Å². The first-order valence-electron chi connectivity index (χ1n) is 7.00. The normalized spacial score (nSPS) is 19.1. The first-order chi connectivity index (χ1) is 9.34. The Morgan fingerprint density at radius 3 is 2.84 bits per heavy atom. The highest BCUT2D eigenvalue weighted by molar-refractivity contribution is 5.29. The molecular formula is C17H19NO. The van der Waals surface area contributed by atoms with Gasteiger partial charge in [-0.3, -0.25) is 4.98 Å². The second-order valence-corrected chi connectivity index (χ2v) is 5.28. The lowest BCUT2D eigenvalue weighted by atomic mass is 9.94. The van der Waals surface area contributed by atoms with E-state index < -0.39 is 0 Å². The van der Waals surface area contributed by atoms with Gasteiger partial charge in [0.2, 0.25) is 0 Å². The molecule has 1 N–H and O–H groups in total. The van der Waals surface area contributed by atoms with Crippen LogP contribution in [0.3, 0.4) is 0 Å². The highest BCUT2D eigenvalue weighted by Crippen LogP contribution is 2.35. The monoisotopic (exact) mass is 253 g/mol. The van der Waals surface area contributed by atoms with E-state index in [2.05, 4.69) is 23.2 Å². The van der Waals surface area contributed by atoms with Crippen LogP contribution in [0.5, 0.6) is 0 Å². The Bertz CT molecular complexity index is 538.